The Balaban J connectivity index is 1.93. The Hall–Kier alpha value is -1.57. The van der Waals surface area contributed by atoms with Crippen LogP contribution in [-0.4, -0.2) is 17.9 Å². The number of carbonyl (C=O) groups excluding carboxylic acids is 1. The summed E-state index contributed by atoms with van der Waals surface area (Å²) in [4.78, 5) is 13.7. The van der Waals surface area contributed by atoms with Gasteiger partial charge < -0.3 is 4.90 Å². The molecule has 0 aliphatic heterocycles. The third-order valence-corrected chi connectivity index (χ3v) is 3.21. The minimum absolute atomic E-state index is 0.130. The van der Waals surface area contributed by atoms with Gasteiger partial charge >= 0.3 is 0 Å². The topological polar surface area (TPSA) is 20.3 Å². The monoisotopic (exact) mass is 229 g/mol. The predicted octanol–water partition coefficient (Wildman–Crippen LogP) is 3.15. The molecule has 0 heterocycles. The molecule has 1 aromatic carbocycles. The maximum Gasteiger partial charge on any atom is 0.246 e. The van der Waals surface area contributed by atoms with E-state index in [9.17, 15) is 4.79 Å². The zero-order valence-corrected chi connectivity index (χ0v) is 10.4. The van der Waals surface area contributed by atoms with Crippen LogP contribution in [0.15, 0.2) is 42.0 Å². The molecular weight excluding hydrogens is 210 g/mol. The first kappa shape index (κ1) is 11.9. The van der Waals surface area contributed by atoms with Gasteiger partial charge in [0.25, 0.3) is 0 Å². The highest BCUT2D eigenvalue weighted by Gasteiger charge is 2.11. The van der Waals surface area contributed by atoms with E-state index in [4.69, 9.17) is 0 Å². The van der Waals surface area contributed by atoms with E-state index in [0.29, 0.717) is 6.54 Å². The molecule has 0 N–H and O–H groups in total. The number of carbonyl (C=O) groups is 1. The van der Waals surface area contributed by atoms with Crippen LogP contribution in [-0.2, 0) is 11.3 Å². The van der Waals surface area contributed by atoms with Gasteiger partial charge in [-0.05, 0) is 31.2 Å². The van der Waals surface area contributed by atoms with Crippen molar-refractivity contribution in [2.45, 2.75) is 32.2 Å². The van der Waals surface area contributed by atoms with Gasteiger partial charge in [-0.2, -0.15) is 0 Å². The maximum absolute atomic E-state index is 12.0. The Kier molecular flexibility index (Phi) is 3.97. The SMILES string of the molecule is CN(Cc1ccccc1)C(=O)C=C1CCCC1. The Morgan fingerprint density at radius 2 is 1.88 bits per heavy atom. The van der Waals surface area contributed by atoms with E-state index >= 15 is 0 Å². The van der Waals surface area contributed by atoms with Gasteiger partial charge in [0.15, 0.2) is 0 Å². The summed E-state index contributed by atoms with van der Waals surface area (Å²) in [5.74, 6) is 0.130. The average Bonchev–Trinajstić information content (AvgIpc) is 2.83. The highest BCUT2D eigenvalue weighted by atomic mass is 16.2. The fourth-order valence-electron chi connectivity index (χ4n) is 2.19. The molecule has 1 amide bonds. The molecule has 0 atom stereocenters. The van der Waals surface area contributed by atoms with E-state index < -0.39 is 0 Å². The number of benzene rings is 1. The molecule has 1 aliphatic rings. The van der Waals surface area contributed by atoms with Gasteiger partial charge in [0.05, 0.1) is 0 Å². The van der Waals surface area contributed by atoms with Crippen LogP contribution in [0.4, 0.5) is 0 Å². The van der Waals surface area contributed by atoms with Crippen molar-refractivity contribution in [3.05, 3.63) is 47.5 Å². The van der Waals surface area contributed by atoms with E-state index in [1.54, 1.807) is 4.90 Å². The highest BCUT2D eigenvalue weighted by Crippen LogP contribution is 2.23. The first-order valence-electron chi connectivity index (χ1n) is 6.24. The fraction of sp³-hybridized carbons (Fsp3) is 0.400. The molecule has 90 valence electrons. The highest BCUT2D eigenvalue weighted by molar-refractivity contribution is 5.88. The van der Waals surface area contributed by atoms with Crippen molar-refractivity contribution >= 4 is 5.91 Å². The minimum Gasteiger partial charge on any atom is -0.338 e. The number of likely N-dealkylation sites (N-methyl/N-ethyl adjacent to an activating group) is 1. The van der Waals surface area contributed by atoms with Crippen LogP contribution in [0.3, 0.4) is 0 Å². The first-order valence-corrected chi connectivity index (χ1v) is 6.24. The number of amides is 1. The molecule has 17 heavy (non-hydrogen) atoms. The lowest BCUT2D eigenvalue weighted by atomic mass is 10.2. The summed E-state index contributed by atoms with van der Waals surface area (Å²) in [6.07, 6.45) is 6.51. The molecule has 2 heteroatoms. The molecule has 1 aromatic rings. The summed E-state index contributed by atoms with van der Waals surface area (Å²) in [5.41, 5.74) is 2.49. The number of hydrogen-bond donors (Lipinski definition) is 0. The summed E-state index contributed by atoms with van der Waals surface area (Å²) >= 11 is 0. The lowest BCUT2D eigenvalue weighted by Gasteiger charge is -2.15. The van der Waals surface area contributed by atoms with Crippen molar-refractivity contribution in [2.24, 2.45) is 0 Å². The van der Waals surface area contributed by atoms with Crippen molar-refractivity contribution in [1.82, 2.24) is 4.90 Å². The van der Waals surface area contributed by atoms with E-state index in [-0.39, 0.29) is 5.91 Å². The van der Waals surface area contributed by atoms with Crippen molar-refractivity contribution in [1.29, 1.82) is 0 Å². The summed E-state index contributed by atoms with van der Waals surface area (Å²) in [6, 6.07) is 10.1. The van der Waals surface area contributed by atoms with Crippen LogP contribution in [0, 0.1) is 0 Å². The standard InChI is InChI=1S/C15H19NO/c1-16(12-14-9-3-2-4-10-14)15(17)11-13-7-5-6-8-13/h2-4,9-11H,5-8,12H2,1H3. The second-order valence-electron chi connectivity index (χ2n) is 4.69. The maximum atomic E-state index is 12.0. The summed E-state index contributed by atoms with van der Waals surface area (Å²) < 4.78 is 0. The third-order valence-electron chi connectivity index (χ3n) is 3.21. The van der Waals surface area contributed by atoms with E-state index in [2.05, 4.69) is 0 Å². The first-order chi connectivity index (χ1) is 8.25. The molecule has 0 unspecified atom stereocenters. The van der Waals surface area contributed by atoms with Gasteiger partial charge in [0.1, 0.15) is 0 Å². The van der Waals surface area contributed by atoms with Gasteiger partial charge in [-0.1, -0.05) is 35.9 Å². The van der Waals surface area contributed by atoms with Crippen LogP contribution < -0.4 is 0 Å². The van der Waals surface area contributed by atoms with Crippen LogP contribution in [0.2, 0.25) is 0 Å². The second kappa shape index (κ2) is 5.67. The van der Waals surface area contributed by atoms with Crippen molar-refractivity contribution < 1.29 is 4.79 Å². The normalized spacial score (nSPS) is 14.8. The molecule has 1 aliphatic carbocycles. The molecule has 0 spiro atoms. The van der Waals surface area contributed by atoms with Gasteiger partial charge in [-0.15, -0.1) is 0 Å². The molecule has 0 saturated heterocycles. The molecule has 2 nitrogen and oxygen atoms in total. The summed E-state index contributed by atoms with van der Waals surface area (Å²) in [5, 5.41) is 0. The molecular formula is C15H19NO. The Morgan fingerprint density at radius 3 is 2.53 bits per heavy atom. The van der Waals surface area contributed by atoms with E-state index in [1.807, 2.05) is 43.5 Å². The number of nitrogens with zero attached hydrogens (tertiary/aromatic N) is 1. The van der Waals surface area contributed by atoms with Crippen LogP contribution in [0.25, 0.3) is 0 Å². The van der Waals surface area contributed by atoms with Crippen molar-refractivity contribution in [3.8, 4) is 0 Å². The lowest BCUT2D eigenvalue weighted by Crippen LogP contribution is -2.24. The van der Waals surface area contributed by atoms with Crippen LogP contribution in [0.1, 0.15) is 31.2 Å². The summed E-state index contributed by atoms with van der Waals surface area (Å²) in [7, 11) is 1.86. The number of rotatable bonds is 3. The van der Waals surface area contributed by atoms with E-state index in [1.165, 1.54) is 24.0 Å². The lowest BCUT2D eigenvalue weighted by molar-refractivity contribution is -0.125. The van der Waals surface area contributed by atoms with Gasteiger partial charge in [0.2, 0.25) is 5.91 Å². The summed E-state index contributed by atoms with van der Waals surface area (Å²) in [6.45, 7) is 0.684. The van der Waals surface area contributed by atoms with Crippen LogP contribution >= 0.6 is 0 Å². The fourth-order valence-corrected chi connectivity index (χ4v) is 2.19. The Labute approximate surface area is 103 Å². The Morgan fingerprint density at radius 1 is 1.24 bits per heavy atom. The quantitative estimate of drug-likeness (QED) is 0.729. The average molecular weight is 229 g/mol. The van der Waals surface area contributed by atoms with E-state index in [0.717, 1.165) is 12.8 Å². The largest absolute Gasteiger partial charge is 0.338 e. The molecule has 0 bridgehead atoms. The predicted molar refractivity (Wildman–Crippen MR) is 69.5 cm³/mol. The number of hydrogen-bond acceptors (Lipinski definition) is 1. The molecule has 2 rings (SSSR count). The zero-order valence-electron chi connectivity index (χ0n) is 10.4. The molecule has 0 radical (unpaired) electrons. The molecule has 0 aromatic heterocycles. The van der Waals surface area contributed by atoms with Crippen LogP contribution in [0.5, 0.6) is 0 Å². The van der Waals surface area contributed by atoms with Gasteiger partial charge in [-0.25, -0.2) is 0 Å². The Bertz CT molecular complexity index is 400. The minimum atomic E-state index is 0.130. The molecule has 1 fully saturated rings. The van der Waals surface area contributed by atoms with Crippen molar-refractivity contribution in [3.63, 3.8) is 0 Å². The smallest absolute Gasteiger partial charge is 0.246 e. The third kappa shape index (κ3) is 3.45. The second-order valence-corrected chi connectivity index (χ2v) is 4.69. The zero-order chi connectivity index (χ0) is 12.1. The molecule has 1 saturated carbocycles. The van der Waals surface area contributed by atoms with Gasteiger partial charge in [-0.3, -0.25) is 4.79 Å². The number of allylic oxidation sites excluding steroid dienone is 1. The van der Waals surface area contributed by atoms with Crippen molar-refractivity contribution in [2.75, 3.05) is 7.05 Å². The van der Waals surface area contributed by atoms with Gasteiger partial charge in [0, 0.05) is 19.7 Å².